The van der Waals surface area contributed by atoms with Gasteiger partial charge in [-0.2, -0.15) is 0 Å². The Kier molecular flexibility index (Phi) is 3.03. The van der Waals surface area contributed by atoms with Crippen LogP contribution >= 0.6 is 15.9 Å². The highest BCUT2D eigenvalue weighted by Crippen LogP contribution is 2.30. The zero-order valence-electron chi connectivity index (χ0n) is 7.45. The van der Waals surface area contributed by atoms with Crippen LogP contribution in [0.1, 0.15) is 22.9 Å². The van der Waals surface area contributed by atoms with E-state index in [1.807, 2.05) is 19.9 Å². The highest BCUT2D eigenvalue weighted by molar-refractivity contribution is 9.09. The van der Waals surface area contributed by atoms with Gasteiger partial charge in [0.2, 0.25) is 0 Å². The van der Waals surface area contributed by atoms with Gasteiger partial charge in [-0.3, -0.25) is 10.1 Å². The van der Waals surface area contributed by atoms with Crippen molar-refractivity contribution in [3.63, 3.8) is 0 Å². The molecular formula is C9H10BrNO2. The van der Waals surface area contributed by atoms with Crippen LogP contribution in [0.2, 0.25) is 0 Å². The number of benzene rings is 1. The van der Waals surface area contributed by atoms with Crippen molar-refractivity contribution in [3.05, 3.63) is 39.4 Å². The molecule has 0 aromatic heterocycles. The molecule has 0 saturated carbocycles. The first-order valence-corrected chi connectivity index (χ1v) is 4.83. The van der Waals surface area contributed by atoms with E-state index in [-0.39, 0.29) is 15.4 Å². The molecule has 0 fully saturated rings. The van der Waals surface area contributed by atoms with E-state index in [2.05, 4.69) is 15.9 Å². The second-order valence-electron chi connectivity index (χ2n) is 2.94. The molecule has 0 aliphatic heterocycles. The molecule has 1 aromatic carbocycles. The van der Waals surface area contributed by atoms with Gasteiger partial charge in [-0.05, 0) is 19.4 Å². The van der Waals surface area contributed by atoms with Crippen LogP contribution in [0.4, 0.5) is 5.69 Å². The third kappa shape index (κ3) is 2.28. The summed E-state index contributed by atoms with van der Waals surface area (Å²) in [6.07, 6.45) is 0. The second kappa shape index (κ2) is 3.87. The minimum atomic E-state index is -0.347. The lowest BCUT2D eigenvalue weighted by atomic mass is 10.1. The van der Waals surface area contributed by atoms with Crippen molar-refractivity contribution in [2.75, 3.05) is 0 Å². The summed E-state index contributed by atoms with van der Waals surface area (Å²) in [5, 5.41) is 10.7. The quantitative estimate of drug-likeness (QED) is 0.454. The molecule has 0 bridgehead atoms. The number of hydrogen-bond acceptors (Lipinski definition) is 2. The molecule has 4 heteroatoms. The third-order valence-electron chi connectivity index (χ3n) is 1.81. The number of alkyl halides is 1. The fourth-order valence-electron chi connectivity index (χ4n) is 1.15. The van der Waals surface area contributed by atoms with E-state index in [0.717, 1.165) is 11.1 Å². The number of nitrogens with zero attached hydrogens (tertiary/aromatic N) is 1. The van der Waals surface area contributed by atoms with Crippen molar-refractivity contribution in [2.45, 2.75) is 18.7 Å². The predicted octanol–water partition coefficient (Wildman–Crippen LogP) is 3.36. The molecule has 0 radical (unpaired) electrons. The van der Waals surface area contributed by atoms with Crippen molar-refractivity contribution in [1.82, 2.24) is 0 Å². The summed E-state index contributed by atoms with van der Waals surface area (Å²) in [6, 6.07) is 5.25. The lowest BCUT2D eigenvalue weighted by molar-refractivity contribution is -0.385. The van der Waals surface area contributed by atoms with Gasteiger partial charge in [-0.1, -0.05) is 28.1 Å². The molecule has 0 amide bonds. The predicted molar refractivity (Wildman–Crippen MR) is 55.2 cm³/mol. The maximum absolute atomic E-state index is 10.7. The Bertz CT molecular complexity index is 336. The highest BCUT2D eigenvalue weighted by Gasteiger charge is 2.16. The number of halogens is 1. The topological polar surface area (TPSA) is 43.1 Å². The van der Waals surface area contributed by atoms with E-state index in [4.69, 9.17) is 0 Å². The maximum atomic E-state index is 10.7. The Labute approximate surface area is 85.0 Å². The first-order valence-electron chi connectivity index (χ1n) is 3.91. The normalized spacial score (nSPS) is 12.5. The Balaban J connectivity index is 3.27. The van der Waals surface area contributed by atoms with Gasteiger partial charge in [-0.15, -0.1) is 0 Å². The minimum Gasteiger partial charge on any atom is -0.258 e. The Hall–Kier alpha value is -0.900. The summed E-state index contributed by atoms with van der Waals surface area (Å²) in [5.74, 6) is 0. The summed E-state index contributed by atoms with van der Waals surface area (Å²) in [7, 11) is 0. The van der Waals surface area contributed by atoms with Gasteiger partial charge in [0.1, 0.15) is 0 Å². The molecule has 1 rings (SSSR count). The summed E-state index contributed by atoms with van der Waals surface area (Å²) < 4.78 is 0. The van der Waals surface area contributed by atoms with Crippen LogP contribution in [0.5, 0.6) is 0 Å². The van der Waals surface area contributed by atoms with Crippen LogP contribution in [0, 0.1) is 17.0 Å². The fourth-order valence-corrected chi connectivity index (χ4v) is 1.54. The molecule has 0 aliphatic rings. The summed E-state index contributed by atoms with van der Waals surface area (Å²) in [4.78, 5) is 10.3. The average Bonchev–Trinajstić information content (AvgIpc) is 2.03. The van der Waals surface area contributed by atoms with Crippen LogP contribution in [-0.4, -0.2) is 4.92 Å². The number of nitro benzene ring substituents is 1. The standard InChI is InChI=1S/C9H10BrNO2/c1-6-3-4-8(7(2)10)9(5-6)11(12)13/h3-5,7H,1-2H3. The van der Waals surface area contributed by atoms with Gasteiger partial charge in [0.05, 0.1) is 4.92 Å². The van der Waals surface area contributed by atoms with Crippen molar-refractivity contribution >= 4 is 21.6 Å². The first-order chi connectivity index (χ1) is 6.02. The summed E-state index contributed by atoms with van der Waals surface area (Å²) in [6.45, 7) is 3.72. The number of hydrogen-bond donors (Lipinski definition) is 0. The van der Waals surface area contributed by atoms with Gasteiger partial charge in [0.15, 0.2) is 0 Å². The SMILES string of the molecule is Cc1ccc(C(C)Br)c([N+](=O)[O-])c1. The van der Waals surface area contributed by atoms with Crippen LogP contribution in [0.3, 0.4) is 0 Å². The van der Waals surface area contributed by atoms with E-state index in [0.29, 0.717) is 0 Å². The molecular weight excluding hydrogens is 234 g/mol. The van der Waals surface area contributed by atoms with Gasteiger partial charge in [-0.25, -0.2) is 0 Å². The Morgan fingerprint density at radius 3 is 2.62 bits per heavy atom. The summed E-state index contributed by atoms with van der Waals surface area (Å²) >= 11 is 3.32. The molecule has 0 saturated heterocycles. The van der Waals surface area contributed by atoms with E-state index in [1.165, 1.54) is 0 Å². The molecule has 1 atom stereocenters. The molecule has 1 unspecified atom stereocenters. The monoisotopic (exact) mass is 243 g/mol. The smallest absolute Gasteiger partial charge is 0.258 e. The molecule has 3 nitrogen and oxygen atoms in total. The van der Waals surface area contributed by atoms with E-state index in [1.54, 1.807) is 12.1 Å². The van der Waals surface area contributed by atoms with Crippen molar-refractivity contribution in [1.29, 1.82) is 0 Å². The van der Waals surface area contributed by atoms with Crippen LogP contribution in [-0.2, 0) is 0 Å². The summed E-state index contributed by atoms with van der Waals surface area (Å²) in [5.41, 5.74) is 1.81. The number of rotatable bonds is 2. The van der Waals surface area contributed by atoms with Crippen molar-refractivity contribution < 1.29 is 4.92 Å². The first kappa shape index (κ1) is 10.2. The van der Waals surface area contributed by atoms with Crippen LogP contribution in [0.25, 0.3) is 0 Å². The van der Waals surface area contributed by atoms with Crippen LogP contribution in [0.15, 0.2) is 18.2 Å². The Morgan fingerprint density at radius 1 is 1.54 bits per heavy atom. The number of aryl methyl sites for hydroxylation is 1. The average molecular weight is 244 g/mol. The molecule has 0 N–H and O–H groups in total. The van der Waals surface area contributed by atoms with Gasteiger partial charge in [0.25, 0.3) is 5.69 Å². The van der Waals surface area contributed by atoms with Crippen LogP contribution < -0.4 is 0 Å². The highest BCUT2D eigenvalue weighted by atomic mass is 79.9. The molecule has 0 aliphatic carbocycles. The van der Waals surface area contributed by atoms with E-state index >= 15 is 0 Å². The van der Waals surface area contributed by atoms with Gasteiger partial charge < -0.3 is 0 Å². The lowest BCUT2D eigenvalue weighted by Crippen LogP contribution is -1.96. The van der Waals surface area contributed by atoms with E-state index < -0.39 is 0 Å². The zero-order valence-corrected chi connectivity index (χ0v) is 9.04. The van der Waals surface area contributed by atoms with E-state index in [9.17, 15) is 10.1 Å². The van der Waals surface area contributed by atoms with Gasteiger partial charge in [0, 0.05) is 16.5 Å². The Morgan fingerprint density at radius 2 is 2.15 bits per heavy atom. The van der Waals surface area contributed by atoms with Crippen molar-refractivity contribution in [3.8, 4) is 0 Å². The molecule has 13 heavy (non-hydrogen) atoms. The minimum absolute atomic E-state index is 0.00787. The molecule has 1 aromatic rings. The lowest BCUT2D eigenvalue weighted by Gasteiger charge is -2.05. The maximum Gasteiger partial charge on any atom is 0.273 e. The third-order valence-corrected chi connectivity index (χ3v) is 2.30. The fraction of sp³-hybridized carbons (Fsp3) is 0.333. The molecule has 0 heterocycles. The molecule has 0 spiro atoms. The van der Waals surface area contributed by atoms with Gasteiger partial charge >= 0.3 is 0 Å². The largest absolute Gasteiger partial charge is 0.273 e. The number of nitro groups is 1. The molecule has 70 valence electrons. The second-order valence-corrected chi connectivity index (χ2v) is 4.31. The zero-order chi connectivity index (χ0) is 10.0. The van der Waals surface area contributed by atoms with Crippen molar-refractivity contribution in [2.24, 2.45) is 0 Å².